The van der Waals surface area contributed by atoms with E-state index in [-0.39, 0.29) is 5.97 Å². The third-order valence-corrected chi connectivity index (χ3v) is 3.99. The Labute approximate surface area is 166 Å². The molecule has 152 valence electrons. The molecule has 0 saturated heterocycles. The second-order valence-corrected chi connectivity index (χ2v) is 6.21. The molecule has 2 aromatic rings. The van der Waals surface area contributed by atoms with Gasteiger partial charge >= 0.3 is 5.97 Å². The summed E-state index contributed by atoms with van der Waals surface area (Å²) in [5.74, 6) is 1.95. The van der Waals surface area contributed by atoms with Crippen LogP contribution in [0.5, 0.6) is 17.2 Å². The summed E-state index contributed by atoms with van der Waals surface area (Å²) >= 11 is 0. The van der Waals surface area contributed by atoms with Crippen molar-refractivity contribution in [1.29, 1.82) is 0 Å². The molecule has 0 bridgehead atoms. The molecule has 0 fully saturated rings. The van der Waals surface area contributed by atoms with E-state index in [1.165, 1.54) is 0 Å². The monoisotopic (exact) mass is 387 g/mol. The van der Waals surface area contributed by atoms with Gasteiger partial charge in [0.15, 0.2) is 6.10 Å². The highest BCUT2D eigenvalue weighted by molar-refractivity contribution is 5.74. The smallest absolute Gasteiger partial charge is 0.347 e. The van der Waals surface area contributed by atoms with Crippen LogP contribution in [0.15, 0.2) is 48.5 Å². The Morgan fingerprint density at radius 2 is 1.82 bits per heavy atom. The molecule has 0 amide bonds. The highest BCUT2D eigenvalue weighted by atomic mass is 16.6. The molecular weight excluding hydrogens is 358 g/mol. The first-order valence-electron chi connectivity index (χ1n) is 9.52. The number of methoxy groups -OCH3 is 1. The number of rotatable bonds is 12. The maximum atomic E-state index is 11.7. The second kappa shape index (κ2) is 11.9. The lowest BCUT2D eigenvalue weighted by Crippen LogP contribution is -2.26. The molecule has 0 aliphatic carbocycles. The minimum atomic E-state index is -0.627. The molecule has 1 atom stereocenters. The Kier molecular flexibility index (Phi) is 9.15. The number of hydrogen-bond acceptors (Lipinski definition) is 6. The maximum absolute atomic E-state index is 11.7. The van der Waals surface area contributed by atoms with E-state index in [0.717, 1.165) is 30.0 Å². The fourth-order valence-electron chi connectivity index (χ4n) is 2.53. The van der Waals surface area contributed by atoms with Crippen molar-refractivity contribution in [2.75, 3.05) is 26.9 Å². The molecule has 0 aliphatic heterocycles. The van der Waals surface area contributed by atoms with Gasteiger partial charge in [0, 0.05) is 6.54 Å². The molecule has 0 spiro atoms. The summed E-state index contributed by atoms with van der Waals surface area (Å²) in [6, 6.07) is 15.2. The van der Waals surface area contributed by atoms with E-state index in [9.17, 15) is 4.79 Å². The van der Waals surface area contributed by atoms with E-state index < -0.39 is 6.10 Å². The number of nitrogens with one attached hydrogen (secondary N) is 1. The van der Waals surface area contributed by atoms with Crippen LogP contribution < -0.4 is 19.5 Å². The molecule has 0 aromatic heterocycles. The summed E-state index contributed by atoms with van der Waals surface area (Å²) in [6.45, 7) is 6.00. The van der Waals surface area contributed by atoms with Gasteiger partial charge in [0.2, 0.25) is 0 Å². The Morgan fingerprint density at radius 3 is 2.54 bits per heavy atom. The van der Waals surface area contributed by atoms with Crippen LogP contribution in [0.25, 0.3) is 0 Å². The van der Waals surface area contributed by atoms with Crippen molar-refractivity contribution in [3.63, 3.8) is 0 Å². The van der Waals surface area contributed by atoms with Crippen LogP contribution in [0.2, 0.25) is 0 Å². The lowest BCUT2D eigenvalue weighted by molar-refractivity contribution is -0.150. The Bertz CT molecular complexity index is 717. The van der Waals surface area contributed by atoms with Gasteiger partial charge in [0.25, 0.3) is 0 Å². The van der Waals surface area contributed by atoms with Gasteiger partial charge in [-0.2, -0.15) is 0 Å². The maximum Gasteiger partial charge on any atom is 0.347 e. The topological polar surface area (TPSA) is 66.0 Å². The van der Waals surface area contributed by atoms with E-state index in [2.05, 4.69) is 5.32 Å². The molecule has 2 rings (SSSR count). The number of esters is 1. The van der Waals surface area contributed by atoms with Crippen molar-refractivity contribution < 1.29 is 23.7 Å². The fourth-order valence-corrected chi connectivity index (χ4v) is 2.53. The zero-order valence-electron chi connectivity index (χ0n) is 16.8. The van der Waals surface area contributed by atoms with Crippen molar-refractivity contribution >= 4 is 5.97 Å². The fraction of sp³-hybridized carbons (Fsp3) is 0.409. The van der Waals surface area contributed by atoms with E-state index in [4.69, 9.17) is 18.9 Å². The summed E-state index contributed by atoms with van der Waals surface area (Å²) in [6.07, 6.45) is 0.264. The predicted molar refractivity (Wildman–Crippen MR) is 108 cm³/mol. The van der Waals surface area contributed by atoms with E-state index in [1.54, 1.807) is 21.0 Å². The van der Waals surface area contributed by atoms with Crippen LogP contribution in [0.3, 0.4) is 0 Å². The Hall–Kier alpha value is -2.73. The van der Waals surface area contributed by atoms with Gasteiger partial charge in [-0.3, -0.25) is 0 Å². The highest BCUT2D eigenvalue weighted by Crippen LogP contribution is 2.17. The van der Waals surface area contributed by atoms with Gasteiger partial charge in [-0.15, -0.1) is 0 Å². The molecule has 2 aromatic carbocycles. The van der Waals surface area contributed by atoms with Gasteiger partial charge in [-0.1, -0.05) is 12.1 Å². The van der Waals surface area contributed by atoms with Crippen LogP contribution in [0.4, 0.5) is 0 Å². The number of ether oxygens (including phenoxy) is 4. The first-order chi connectivity index (χ1) is 13.6. The zero-order chi connectivity index (χ0) is 20.2. The van der Waals surface area contributed by atoms with Gasteiger partial charge in [-0.25, -0.2) is 4.79 Å². The molecule has 0 saturated carbocycles. The van der Waals surface area contributed by atoms with Crippen LogP contribution >= 0.6 is 0 Å². The second-order valence-electron chi connectivity index (χ2n) is 6.21. The molecule has 6 nitrogen and oxygen atoms in total. The van der Waals surface area contributed by atoms with E-state index in [1.807, 2.05) is 48.5 Å². The van der Waals surface area contributed by atoms with Crippen molar-refractivity contribution in [2.45, 2.75) is 32.9 Å². The number of carbonyl (C=O) groups excluding carboxylic acids is 1. The molecule has 0 aliphatic rings. The lowest BCUT2D eigenvalue weighted by Gasteiger charge is -2.14. The zero-order valence-corrected chi connectivity index (χ0v) is 16.8. The van der Waals surface area contributed by atoms with Crippen LogP contribution in [-0.2, 0) is 16.1 Å². The first kappa shape index (κ1) is 21.6. The quantitative estimate of drug-likeness (QED) is 0.444. The summed E-state index contributed by atoms with van der Waals surface area (Å²) in [7, 11) is 1.64. The minimum Gasteiger partial charge on any atom is -0.497 e. The normalized spacial score (nSPS) is 11.5. The average Bonchev–Trinajstić information content (AvgIpc) is 2.71. The largest absolute Gasteiger partial charge is 0.497 e. The van der Waals surface area contributed by atoms with Crippen LogP contribution in [-0.4, -0.2) is 38.9 Å². The Morgan fingerprint density at radius 1 is 1.07 bits per heavy atom. The van der Waals surface area contributed by atoms with Crippen molar-refractivity contribution in [2.24, 2.45) is 0 Å². The standard InChI is InChI=1S/C22H29NO5/c1-4-26-22(24)17(2)28-21-8-5-7-18(15-21)16-23-13-6-14-27-20-11-9-19(25-3)10-12-20/h5,7-12,15,17,23H,4,6,13-14,16H2,1-3H3/t17-/m1/s1. The predicted octanol–water partition coefficient (Wildman–Crippen LogP) is 3.58. The number of carbonyl (C=O) groups is 1. The molecule has 0 radical (unpaired) electrons. The molecule has 0 unspecified atom stereocenters. The summed E-state index contributed by atoms with van der Waals surface area (Å²) in [5, 5.41) is 3.38. The van der Waals surface area contributed by atoms with Gasteiger partial charge in [-0.05, 0) is 68.8 Å². The molecule has 1 N–H and O–H groups in total. The third-order valence-electron chi connectivity index (χ3n) is 3.99. The third kappa shape index (κ3) is 7.48. The average molecular weight is 387 g/mol. The molecule has 6 heteroatoms. The summed E-state index contributed by atoms with van der Waals surface area (Å²) in [5.41, 5.74) is 1.09. The van der Waals surface area contributed by atoms with Crippen molar-refractivity contribution in [3.05, 3.63) is 54.1 Å². The number of hydrogen-bond donors (Lipinski definition) is 1. The molecular formula is C22H29NO5. The Balaban J connectivity index is 1.66. The molecule has 28 heavy (non-hydrogen) atoms. The van der Waals surface area contributed by atoms with Crippen molar-refractivity contribution in [1.82, 2.24) is 5.32 Å². The minimum absolute atomic E-state index is 0.346. The van der Waals surface area contributed by atoms with Crippen molar-refractivity contribution in [3.8, 4) is 17.2 Å². The highest BCUT2D eigenvalue weighted by Gasteiger charge is 2.15. The van der Waals surface area contributed by atoms with Crippen LogP contribution in [0, 0.1) is 0 Å². The van der Waals surface area contributed by atoms with E-state index >= 15 is 0 Å². The van der Waals surface area contributed by atoms with Gasteiger partial charge in [0.05, 0.1) is 20.3 Å². The molecule has 0 heterocycles. The van der Waals surface area contributed by atoms with Gasteiger partial charge < -0.3 is 24.3 Å². The summed E-state index contributed by atoms with van der Waals surface area (Å²) < 4.78 is 21.4. The number of benzene rings is 2. The van der Waals surface area contributed by atoms with Crippen LogP contribution in [0.1, 0.15) is 25.8 Å². The summed E-state index contributed by atoms with van der Waals surface area (Å²) in [4.78, 5) is 11.7. The van der Waals surface area contributed by atoms with E-state index in [0.29, 0.717) is 25.5 Å². The first-order valence-corrected chi connectivity index (χ1v) is 9.52. The lowest BCUT2D eigenvalue weighted by atomic mass is 10.2. The SMILES string of the molecule is CCOC(=O)[C@@H](C)Oc1cccc(CNCCCOc2ccc(OC)cc2)c1. The van der Waals surface area contributed by atoms with Gasteiger partial charge in [0.1, 0.15) is 17.2 Å².